The SMILES string of the molecule is CC(NC(=O)Cn1c2ccccc2c2cnn(C)c(=O)c21)C12CC3CC(CC(C3)C1)C2. The molecule has 0 aliphatic heterocycles. The van der Waals surface area contributed by atoms with Gasteiger partial charge in [-0.25, -0.2) is 4.68 Å². The van der Waals surface area contributed by atoms with Crippen LogP contribution in [0.1, 0.15) is 45.4 Å². The lowest BCUT2D eigenvalue weighted by Crippen LogP contribution is -2.56. The van der Waals surface area contributed by atoms with Crippen molar-refractivity contribution < 1.29 is 4.79 Å². The molecule has 4 saturated carbocycles. The number of amides is 1. The zero-order valence-electron chi connectivity index (χ0n) is 18.3. The van der Waals surface area contributed by atoms with Crippen molar-refractivity contribution in [1.29, 1.82) is 0 Å². The van der Waals surface area contributed by atoms with E-state index in [4.69, 9.17) is 0 Å². The number of aryl methyl sites for hydroxylation is 1. The Morgan fingerprint density at radius 2 is 1.77 bits per heavy atom. The van der Waals surface area contributed by atoms with Crippen molar-refractivity contribution in [3.05, 3.63) is 40.8 Å². The Morgan fingerprint density at radius 3 is 2.45 bits per heavy atom. The molecule has 1 aromatic carbocycles. The van der Waals surface area contributed by atoms with Gasteiger partial charge in [-0.1, -0.05) is 18.2 Å². The zero-order chi connectivity index (χ0) is 21.3. The number of rotatable bonds is 4. The molecule has 4 bridgehead atoms. The molecule has 6 heteroatoms. The Labute approximate surface area is 181 Å². The number of nitrogens with one attached hydrogen (secondary N) is 1. The van der Waals surface area contributed by atoms with Crippen molar-refractivity contribution in [3.8, 4) is 0 Å². The van der Waals surface area contributed by atoms with E-state index in [1.165, 1.54) is 43.2 Å². The average Bonchev–Trinajstić information content (AvgIpc) is 3.04. The van der Waals surface area contributed by atoms with E-state index in [2.05, 4.69) is 17.3 Å². The maximum Gasteiger partial charge on any atom is 0.291 e. The highest BCUT2D eigenvalue weighted by Crippen LogP contribution is 2.61. The topological polar surface area (TPSA) is 68.9 Å². The highest BCUT2D eigenvalue weighted by molar-refractivity contribution is 6.07. The van der Waals surface area contributed by atoms with E-state index in [0.717, 1.165) is 34.0 Å². The third kappa shape index (κ3) is 2.87. The quantitative estimate of drug-likeness (QED) is 0.704. The molecular formula is C25H30N4O2. The van der Waals surface area contributed by atoms with E-state index in [9.17, 15) is 9.59 Å². The Kier molecular flexibility index (Phi) is 4.11. The summed E-state index contributed by atoms with van der Waals surface area (Å²) < 4.78 is 3.21. The summed E-state index contributed by atoms with van der Waals surface area (Å²) in [7, 11) is 1.65. The molecule has 0 saturated heterocycles. The molecule has 2 heterocycles. The van der Waals surface area contributed by atoms with Crippen LogP contribution in [-0.2, 0) is 18.4 Å². The molecule has 6 nitrogen and oxygen atoms in total. The normalized spacial score (nSPS) is 30.2. The maximum absolute atomic E-state index is 13.2. The molecule has 2 aromatic heterocycles. The Balaban J connectivity index is 1.31. The van der Waals surface area contributed by atoms with Gasteiger partial charge in [0.05, 0.1) is 6.20 Å². The fourth-order valence-corrected chi connectivity index (χ4v) is 7.50. The largest absolute Gasteiger partial charge is 0.352 e. The van der Waals surface area contributed by atoms with E-state index >= 15 is 0 Å². The van der Waals surface area contributed by atoms with Gasteiger partial charge < -0.3 is 9.88 Å². The second-order valence-electron chi connectivity index (χ2n) is 10.5. The molecule has 4 aliphatic rings. The van der Waals surface area contributed by atoms with Gasteiger partial charge in [-0.05, 0) is 74.7 Å². The molecule has 4 aliphatic carbocycles. The Hall–Kier alpha value is -2.63. The predicted octanol–water partition coefficient (Wildman–Crippen LogP) is 3.61. The van der Waals surface area contributed by atoms with Gasteiger partial charge >= 0.3 is 0 Å². The third-order valence-corrected chi connectivity index (χ3v) is 8.55. The van der Waals surface area contributed by atoms with Gasteiger partial charge in [-0.2, -0.15) is 5.10 Å². The molecule has 162 valence electrons. The Morgan fingerprint density at radius 1 is 1.13 bits per heavy atom. The van der Waals surface area contributed by atoms with Crippen LogP contribution in [0.15, 0.2) is 35.3 Å². The minimum atomic E-state index is -0.171. The summed E-state index contributed by atoms with van der Waals surface area (Å²) in [4.78, 5) is 26.1. The molecule has 3 aromatic rings. The minimum absolute atomic E-state index is 0.00948. The standard InChI is InChI=1S/C25H30N4O2/c1-15(25-10-16-7-17(11-25)9-18(8-16)12-25)27-22(30)14-29-21-6-4-3-5-19(21)20-13-26-28(2)24(31)23(20)29/h3-6,13,15-18H,7-12,14H2,1-2H3,(H,27,30). The molecule has 4 fully saturated rings. The molecule has 1 N–H and O–H groups in total. The van der Waals surface area contributed by atoms with E-state index in [0.29, 0.717) is 5.52 Å². The number of aromatic nitrogens is 3. The number of carbonyl (C=O) groups is 1. The van der Waals surface area contributed by atoms with Gasteiger partial charge in [0.2, 0.25) is 5.91 Å². The van der Waals surface area contributed by atoms with Crippen LogP contribution in [0.2, 0.25) is 0 Å². The number of hydrogen-bond acceptors (Lipinski definition) is 3. The van der Waals surface area contributed by atoms with Crippen LogP contribution in [-0.4, -0.2) is 26.3 Å². The van der Waals surface area contributed by atoms with Crippen molar-refractivity contribution in [1.82, 2.24) is 19.7 Å². The van der Waals surface area contributed by atoms with Gasteiger partial charge in [0.15, 0.2) is 0 Å². The number of benzene rings is 1. The maximum atomic E-state index is 13.2. The van der Waals surface area contributed by atoms with Crippen LogP contribution in [0.4, 0.5) is 0 Å². The van der Waals surface area contributed by atoms with Crippen LogP contribution in [0.25, 0.3) is 21.8 Å². The van der Waals surface area contributed by atoms with Crippen LogP contribution in [0, 0.1) is 23.2 Å². The van der Waals surface area contributed by atoms with E-state index in [1.54, 1.807) is 13.2 Å². The first-order valence-corrected chi connectivity index (χ1v) is 11.7. The highest BCUT2D eigenvalue weighted by Gasteiger charge is 2.53. The third-order valence-electron chi connectivity index (χ3n) is 8.55. The zero-order valence-corrected chi connectivity index (χ0v) is 18.3. The average molecular weight is 419 g/mol. The van der Waals surface area contributed by atoms with Crippen LogP contribution < -0.4 is 10.9 Å². The summed E-state index contributed by atoms with van der Waals surface area (Å²) in [5.74, 6) is 2.57. The van der Waals surface area contributed by atoms with Gasteiger partial charge in [-0.3, -0.25) is 9.59 Å². The van der Waals surface area contributed by atoms with Crippen molar-refractivity contribution in [2.75, 3.05) is 0 Å². The van der Waals surface area contributed by atoms with Crippen LogP contribution >= 0.6 is 0 Å². The second kappa shape index (κ2) is 6.68. The van der Waals surface area contributed by atoms with Gasteiger partial charge in [0.25, 0.3) is 5.56 Å². The molecule has 7 rings (SSSR count). The van der Waals surface area contributed by atoms with E-state index in [-0.39, 0.29) is 29.5 Å². The molecule has 1 amide bonds. The fourth-order valence-electron chi connectivity index (χ4n) is 7.50. The summed E-state index contributed by atoms with van der Waals surface area (Å²) in [6, 6.07) is 8.05. The smallest absolute Gasteiger partial charge is 0.291 e. The fraction of sp³-hybridized carbons (Fsp3) is 0.560. The van der Waals surface area contributed by atoms with E-state index < -0.39 is 0 Å². The Bertz CT molecular complexity index is 1220. The van der Waals surface area contributed by atoms with Gasteiger partial charge in [-0.15, -0.1) is 0 Å². The molecule has 1 atom stereocenters. The monoisotopic (exact) mass is 418 g/mol. The van der Waals surface area contributed by atoms with Crippen molar-refractivity contribution >= 4 is 27.7 Å². The first kappa shape index (κ1) is 19.1. The number of nitrogens with zero attached hydrogens (tertiary/aromatic N) is 3. The van der Waals surface area contributed by atoms with Gasteiger partial charge in [0.1, 0.15) is 12.1 Å². The predicted molar refractivity (Wildman–Crippen MR) is 121 cm³/mol. The molecular weight excluding hydrogens is 388 g/mol. The summed E-state index contributed by atoms with van der Waals surface area (Å²) in [5, 5.41) is 9.32. The van der Waals surface area contributed by atoms with Crippen molar-refractivity contribution in [2.24, 2.45) is 30.2 Å². The minimum Gasteiger partial charge on any atom is -0.352 e. The van der Waals surface area contributed by atoms with Crippen molar-refractivity contribution in [2.45, 2.75) is 58.0 Å². The lowest BCUT2D eigenvalue weighted by Gasteiger charge is -2.59. The first-order valence-electron chi connectivity index (χ1n) is 11.7. The van der Waals surface area contributed by atoms with Crippen LogP contribution in [0.5, 0.6) is 0 Å². The highest BCUT2D eigenvalue weighted by atomic mass is 16.2. The van der Waals surface area contributed by atoms with Gasteiger partial charge in [0, 0.05) is 29.4 Å². The lowest BCUT2D eigenvalue weighted by molar-refractivity contribution is -0.126. The molecule has 0 radical (unpaired) electrons. The molecule has 0 spiro atoms. The summed E-state index contributed by atoms with van der Waals surface area (Å²) >= 11 is 0. The van der Waals surface area contributed by atoms with Crippen molar-refractivity contribution in [3.63, 3.8) is 0 Å². The molecule has 31 heavy (non-hydrogen) atoms. The number of hydrogen-bond donors (Lipinski definition) is 1. The summed E-state index contributed by atoms with van der Waals surface area (Å²) in [5.41, 5.74) is 1.55. The summed E-state index contributed by atoms with van der Waals surface area (Å²) in [6.45, 7) is 2.36. The van der Waals surface area contributed by atoms with Crippen LogP contribution in [0.3, 0.4) is 0 Å². The molecule has 1 unspecified atom stereocenters. The number of fused-ring (bicyclic) bond motifs is 3. The summed E-state index contributed by atoms with van der Waals surface area (Å²) in [6.07, 6.45) is 9.73. The first-order chi connectivity index (χ1) is 14.9. The van der Waals surface area contributed by atoms with E-state index in [1.807, 2.05) is 28.8 Å². The lowest BCUT2D eigenvalue weighted by atomic mass is 9.48. The number of carbonyl (C=O) groups excluding carboxylic acids is 1. The second-order valence-corrected chi connectivity index (χ2v) is 10.5. The number of para-hydroxylation sites is 1.